The number of carbonyl (C=O) groups excluding carboxylic acids is 3. The van der Waals surface area contributed by atoms with E-state index in [1.54, 1.807) is 41.3 Å². The topological polar surface area (TPSA) is 85.4 Å². The number of hydrogen-bond donors (Lipinski definition) is 0. The molecule has 0 unspecified atom stereocenters. The van der Waals surface area contributed by atoms with Crippen LogP contribution in [-0.2, 0) is 4.79 Å². The van der Waals surface area contributed by atoms with Gasteiger partial charge in [-0.2, -0.15) is 0 Å². The van der Waals surface area contributed by atoms with Crippen LogP contribution in [0.25, 0.3) is 0 Å². The van der Waals surface area contributed by atoms with Crippen LogP contribution in [0.4, 0.5) is 5.69 Å². The van der Waals surface area contributed by atoms with Gasteiger partial charge in [0.25, 0.3) is 17.7 Å². The molecule has 0 aliphatic carbocycles. The van der Waals surface area contributed by atoms with Crippen molar-refractivity contribution in [3.63, 3.8) is 0 Å². The first-order valence-electron chi connectivity index (χ1n) is 11.1. The fourth-order valence-electron chi connectivity index (χ4n) is 4.78. The van der Waals surface area contributed by atoms with Gasteiger partial charge >= 0.3 is 0 Å². The molecule has 2 aliphatic heterocycles. The van der Waals surface area contributed by atoms with Crippen molar-refractivity contribution in [2.24, 2.45) is 0 Å². The van der Waals surface area contributed by atoms with Crippen LogP contribution in [0.15, 0.2) is 60.7 Å². The Labute approximate surface area is 202 Å². The smallest absolute Gasteiger partial charge is 0.262 e. The molecule has 1 saturated heterocycles. The van der Waals surface area contributed by atoms with Gasteiger partial charge in [-0.15, -0.1) is 0 Å². The average molecular weight is 472 g/mol. The van der Waals surface area contributed by atoms with E-state index in [1.807, 2.05) is 31.2 Å². The summed E-state index contributed by atoms with van der Waals surface area (Å²) in [4.78, 5) is 42.8. The molecule has 0 N–H and O–H groups in total. The normalized spacial score (nSPS) is 18.9. The fraction of sp³-hybridized carbons (Fsp3) is 0.222. The van der Waals surface area contributed by atoms with Gasteiger partial charge in [0.15, 0.2) is 11.5 Å². The van der Waals surface area contributed by atoms with E-state index in [0.29, 0.717) is 39.6 Å². The van der Waals surface area contributed by atoms with E-state index in [2.05, 4.69) is 0 Å². The molecule has 3 aromatic carbocycles. The molecule has 35 heavy (non-hydrogen) atoms. The minimum atomic E-state index is -1.02. The molecule has 8 nitrogen and oxygen atoms in total. The Hall–Kier alpha value is -4.33. The zero-order valence-electron chi connectivity index (χ0n) is 19.8. The highest BCUT2D eigenvalue weighted by Gasteiger charge is 2.57. The van der Waals surface area contributed by atoms with Gasteiger partial charge in [-0.3, -0.25) is 19.3 Å². The Morgan fingerprint density at radius 2 is 1.23 bits per heavy atom. The third-order valence-electron chi connectivity index (χ3n) is 6.51. The molecule has 0 spiro atoms. The largest absolute Gasteiger partial charge is 0.493 e. The number of β-lactam (4-membered cyclic amide) rings is 1. The van der Waals surface area contributed by atoms with E-state index >= 15 is 0 Å². The van der Waals surface area contributed by atoms with Gasteiger partial charge in [0.1, 0.15) is 6.04 Å². The van der Waals surface area contributed by atoms with Gasteiger partial charge in [0.2, 0.25) is 5.75 Å². The number of carbonyl (C=O) groups is 3. The predicted molar refractivity (Wildman–Crippen MR) is 128 cm³/mol. The molecule has 0 saturated carbocycles. The molecule has 2 aliphatic rings. The lowest BCUT2D eigenvalue weighted by Gasteiger charge is -2.49. The molecule has 0 bridgehead atoms. The maximum atomic E-state index is 13.6. The molecule has 5 rings (SSSR count). The van der Waals surface area contributed by atoms with Crippen LogP contribution >= 0.6 is 0 Å². The van der Waals surface area contributed by atoms with E-state index < -0.39 is 23.9 Å². The van der Waals surface area contributed by atoms with Gasteiger partial charge in [-0.1, -0.05) is 29.8 Å². The van der Waals surface area contributed by atoms with Crippen LogP contribution in [0.5, 0.6) is 17.2 Å². The predicted octanol–water partition coefficient (Wildman–Crippen LogP) is 3.77. The molecule has 0 aromatic heterocycles. The minimum Gasteiger partial charge on any atom is -0.493 e. The Morgan fingerprint density at radius 1 is 0.686 bits per heavy atom. The average Bonchev–Trinajstić information content (AvgIpc) is 3.12. The number of benzene rings is 3. The SMILES string of the molecule is COc1cc([C@@H]2[C@@H](N3C(=O)c4ccccc4C3=O)C(=O)N2c2ccc(C)cc2)cc(OC)c1OC. The lowest BCUT2D eigenvalue weighted by atomic mass is 9.86. The summed E-state index contributed by atoms with van der Waals surface area (Å²) in [7, 11) is 4.52. The summed E-state index contributed by atoms with van der Waals surface area (Å²) in [6, 6.07) is 15.9. The maximum Gasteiger partial charge on any atom is 0.262 e. The molecule has 3 amide bonds. The molecule has 8 heteroatoms. The van der Waals surface area contributed by atoms with Crippen LogP contribution in [0.2, 0.25) is 0 Å². The molecular formula is C27H24N2O6. The van der Waals surface area contributed by atoms with Gasteiger partial charge in [-0.25, -0.2) is 0 Å². The highest BCUT2D eigenvalue weighted by molar-refractivity contribution is 6.24. The summed E-state index contributed by atoms with van der Waals surface area (Å²) in [6.45, 7) is 1.96. The molecule has 178 valence electrons. The summed E-state index contributed by atoms with van der Waals surface area (Å²) >= 11 is 0. The highest BCUT2D eigenvalue weighted by atomic mass is 16.5. The second kappa shape index (κ2) is 8.47. The van der Waals surface area contributed by atoms with Crippen LogP contribution < -0.4 is 19.1 Å². The van der Waals surface area contributed by atoms with Crippen molar-refractivity contribution in [2.75, 3.05) is 26.2 Å². The lowest BCUT2D eigenvalue weighted by molar-refractivity contribution is -0.130. The monoisotopic (exact) mass is 472 g/mol. The first-order valence-corrected chi connectivity index (χ1v) is 11.1. The molecule has 3 aromatic rings. The molecule has 1 fully saturated rings. The number of methoxy groups -OCH3 is 3. The van der Waals surface area contributed by atoms with Crippen molar-refractivity contribution in [1.29, 1.82) is 0 Å². The summed E-state index contributed by atoms with van der Waals surface area (Å²) in [5.74, 6) is -0.0853. The molecule has 2 atom stereocenters. The van der Waals surface area contributed by atoms with Crippen molar-refractivity contribution >= 4 is 23.4 Å². The Morgan fingerprint density at radius 3 is 1.71 bits per heavy atom. The van der Waals surface area contributed by atoms with E-state index in [1.165, 1.54) is 21.3 Å². The number of aryl methyl sites for hydroxylation is 1. The van der Waals surface area contributed by atoms with Gasteiger partial charge < -0.3 is 19.1 Å². The third-order valence-corrected chi connectivity index (χ3v) is 6.51. The molecular weight excluding hydrogens is 448 g/mol. The number of imide groups is 1. The number of nitrogens with zero attached hydrogens (tertiary/aromatic N) is 2. The van der Waals surface area contributed by atoms with Crippen LogP contribution in [0.1, 0.15) is 37.9 Å². The number of ether oxygens (including phenoxy) is 3. The summed E-state index contributed by atoms with van der Waals surface area (Å²) < 4.78 is 16.5. The minimum absolute atomic E-state index is 0.294. The second-order valence-corrected chi connectivity index (χ2v) is 8.42. The number of anilines is 1. The zero-order valence-corrected chi connectivity index (χ0v) is 19.8. The van der Waals surface area contributed by atoms with Gasteiger partial charge in [-0.05, 0) is 48.9 Å². The van der Waals surface area contributed by atoms with Gasteiger partial charge in [0.05, 0.1) is 38.5 Å². The summed E-state index contributed by atoms with van der Waals surface area (Å²) in [6.07, 6.45) is 0. The Bertz CT molecular complexity index is 1290. The van der Waals surface area contributed by atoms with E-state index in [4.69, 9.17) is 14.2 Å². The van der Waals surface area contributed by atoms with Gasteiger partial charge in [0, 0.05) is 5.69 Å². The van der Waals surface area contributed by atoms with Crippen molar-refractivity contribution in [1.82, 2.24) is 4.90 Å². The number of hydrogen-bond acceptors (Lipinski definition) is 6. The standard InChI is InChI=1S/C27H24N2O6/c1-15-9-11-17(12-10-15)28-22(16-13-20(33-2)24(35-4)21(14-16)34-3)23(27(28)32)29-25(30)18-7-5-6-8-19(18)26(29)31/h5-14,22-23H,1-4H3/t22-,23-/m1/s1. The van der Waals surface area contributed by atoms with Crippen LogP contribution in [0.3, 0.4) is 0 Å². The maximum absolute atomic E-state index is 13.6. The van der Waals surface area contributed by atoms with E-state index in [-0.39, 0.29) is 5.91 Å². The van der Waals surface area contributed by atoms with Crippen molar-refractivity contribution in [2.45, 2.75) is 19.0 Å². The van der Waals surface area contributed by atoms with E-state index in [0.717, 1.165) is 10.5 Å². The molecule has 0 radical (unpaired) electrons. The first kappa shape index (κ1) is 22.5. The highest BCUT2D eigenvalue weighted by Crippen LogP contribution is 2.48. The molecule has 2 heterocycles. The first-order chi connectivity index (χ1) is 16.9. The Kier molecular flexibility index (Phi) is 5.43. The number of fused-ring (bicyclic) bond motifs is 1. The van der Waals surface area contributed by atoms with Crippen molar-refractivity contribution in [3.8, 4) is 17.2 Å². The number of amides is 3. The quantitative estimate of drug-likeness (QED) is 0.401. The van der Waals surface area contributed by atoms with E-state index in [9.17, 15) is 14.4 Å². The second-order valence-electron chi connectivity index (χ2n) is 8.42. The zero-order chi connectivity index (χ0) is 24.9. The van der Waals surface area contributed by atoms with Crippen LogP contribution in [-0.4, -0.2) is 50.0 Å². The van der Waals surface area contributed by atoms with Crippen molar-refractivity contribution < 1.29 is 28.6 Å². The Balaban J connectivity index is 1.65. The van der Waals surface area contributed by atoms with Crippen LogP contribution in [0, 0.1) is 6.92 Å². The fourth-order valence-corrected chi connectivity index (χ4v) is 4.78. The number of rotatable bonds is 6. The van der Waals surface area contributed by atoms with Crippen molar-refractivity contribution in [3.05, 3.63) is 82.9 Å². The lowest BCUT2D eigenvalue weighted by Crippen LogP contribution is -2.67. The summed E-state index contributed by atoms with van der Waals surface area (Å²) in [5, 5.41) is 0. The third kappa shape index (κ3) is 3.32. The summed E-state index contributed by atoms with van der Waals surface area (Å²) in [5.41, 5.74) is 2.93.